The highest BCUT2D eigenvalue weighted by Gasteiger charge is 2.34. The number of terminal acetylenes is 1. The van der Waals surface area contributed by atoms with Gasteiger partial charge in [0, 0.05) is 23.9 Å². The molecule has 1 N–H and O–H groups in total. The molecular weight excluding hydrogens is 473 g/mol. The molecule has 4 rings (SSSR count). The molecule has 0 saturated carbocycles. The Bertz CT molecular complexity index is 1520. The van der Waals surface area contributed by atoms with Gasteiger partial charge in [0.25, 0.3) is 11.6 Å². The number of anilines is 1. The molecule has 10 heteroatoms. The summed E-state index contributed by atoms with van der Waals surface area (Å²) in [5, 5.41) is 6.53. The molecule has 0 unspecified atom stereocenters. The average molecular weight is 492 g/mol. The van der Waals surface area contributed by atoms with Crippen molar-refractivity contribution >= 4 is 28.6 Å². The van der Waals surface area contributed by atoms with Crippen molar-refractivity contribution < 1.29 is 27.3 Å². The van der Waals surface area contributed by atoms with Crippen molar-refractivity contribution in [3.05, 3.63) is 77.0 Å². The highest BCUT2D eigenvalue weighted by molar-refractivity contribution is 6.15. The minimum atomic E-state index is -4.66. The van der Waals surface area contributed by atoms with Gasteiger partial charge in [-0.15, -0.1) is 6.42 Å². The number of nitrogens with zero attached hydrogens (tertiary/aromatic N) is 3. The van der Waals surface area contributed by atoms with E-state index in [0.717, 1.165) is 6.07 Å². The zero-order valence-corrected chi connectivity index (χ0v) is 19.2. The quantitative estimate of drug-likeness (QED) is 0.412. The van der Waals surface area contributed by atoms with Gasteiger partial charge >= 0.3 is 6.18 Å². The lowest BCUT2D eigenvalue weighted by atomic mass is 10.00. The first-order valence-electron chi connectivity index (χ1n) is 10.7. The molecule has 0 fully saturated rings. The van der Waals surface area contributed by atoms with Crippen LogP contribution in [0.15, 0.2) is 59.1 Å². The van der Waals surface area contributed by atoms with Gasteiger partial charge in [-0.2, -0.15) is 13.2 Å². The molecule has 2 aromatic heterocycles. The third-order valence-electron chi connectivity index (χ3n) is 5.51. The molecular formula is C26H19F3N4O3. The van der Waals surface area contributed by atoms with Gasteiger partial charge < -0.3 is 9.84 Å². The third kappa shape index (κ3) is 4.63. The molecule has 182 valence electrons. The predicted octanol–water partition coefficient (Wildman–Crippen LogP) is 4.59. The number of likely N-dealkylation sites (N-methyl/N-ethyl adjacent to an activating group) is 1. The van der Waals surface area contributed by atoms with Crippen molar-refractivity contribution in [2.75, 3.05) is 18.5 Å². The van der Waals surface area contributed by atoms with Crippen molar-refractivity contribution in [1.82, 2.24) is 15.5 Å². The van der Waals surface area contributed by atoms with Gasteiger partial charge in [0.1, 0.15) is 6.54 Å². The summed E-state index contributed by atoms with van der Waals surface area (Å²) in [5.41, 5.74) is -0.305. The van der Waals surface area contributed by atoms with Crippen molar-refractivity contribution in [2.45, 2.75) is 13.1 Å². The van der Waals surface area contributed by atoms with Crippen LogP contribution < -0.4 is 10.2 Å². The van der Waals surface area contributed by atoms with Crippen LogP contribution in [-0.4, -0.2) is 35.5 Å². The van der Waals surface area contributed by atoms with Crippen LogP contribution in [0.5, 0.6) is 0 Å². The van der Waals surface area contributed by atoms with E-state index in [0.29, 0.717) is 16.9 Å². The number of rotatable bonds is 5. The second kappa shape index (κ2) is 9.54. The normalized spacial score (nSPS) is 11.2. The van der Waals surface area contributed by atoms with Gasteiger partial charge in [-0.3, -0.25) is 14.5 Å². The second-order valence-corrected chi connectivity index (χ2v) is 7.81. The monoisotopic (exact) mass is 492 g/mol. The maximum absolute atomic E-state index is 13.9. The number of aryl methyl sites for hydroxylation is 1. The number of fused-ring (bicyclic) bond motifs is 1. The number of carbonyl (C=O) groups excluding carboxylic acids is 2. The van der Waals surface area contributed by atoms with Crippen LogP contribution in [-0.2, 0) is 11.0 Å². The molecule has 0 aliphatic carbocycles. The third-order valence-corrected chi connectivity index (χ3v) is 5.51. The molecule has 2 heterocycles. The number of amides is 2. The minimum Gasteiger partial charge on any atom is -0.358 e. The number of alkyl halides is 3. The van der Waals surface area contributed by atoms with E-state index in [4.69, 9.17) is 10.9 Å². The predicted molar refractivity (Wildman–Crippen MR) is 127 cm³/mol. The Kier molecular flexibility index (Phi) is 6.49. The number of nitrogens with one attached hydrogen (secondary N) is 1. The van der Waals surface area contributed by atoms with Crippen LogP contribution in [0.25, 0.3) is 22.4 Å². The summed E-state index contributed by atoms with van der Waals surface area (Å²) in [5.74, 6) is 1.34. The highest BCUT2D eigenvalue weighted by Crippen LogP contribution is 2.38. The number of benzene rings is 2. The molecule has 36 heavy (non-hydrogen) atoms. The van der Waals surface area contributed by atoms with Gasteiger partial charge in [0.15, 0.2) is 0 Å². The number of pyridine rings is 1. The molecule has 0 spiro atoms. The molecule has 4 aromatic rings. The SMILES string of the molecule is C#Cc1cccc(N(CC(=O)NC)C(=O)c2cc(-c3ccccc3C(F)(F)F)nc3onc(C)c23)c1. The van der Waals surface area contributed by atoms with Gasteiger partial charge in [0.05, 0.1) is 27.9 Å². The molecule has 0 aliphatic heterocycles. The minimum absolute atomic E-state index is 0.0271. The maximum atomic E-state index is 13.9. The summed E-state index contributed by atoms with van der Waals surface area (Å²) in [6.45, 7) is 1.21. The van der Waals surface area contributed by atoms with Gasteiger partial charge in [-0.05, 0) is 37.3 Å². The van der Waals surface area contributed by atoms with E-state index in [2.05, 4.69) is 21.4 Å². The van der Waals surface area contributed by atoms with E-state index >= 15 is 0 Å². The molecule has 0 aliphatic rings. The topological polar surface area (TPSA) is 88.3 Å². The number of halogens is 3. The van der Waals surface area contributed by atoms with Crippen molar-refractivity contribution in [1.29, 1.82) is 0 Å². The average Bonchev–Trinajstić information content (AvgIpc) is 3.26. The number of aromatic nitrogens is 2. The number of hydrogen-bond donors (Lipinski definition) is 1. The Morgan fingerprint density at radius 3 is 2.58 bits per heavy atom. The molecule has 0 bridgehead atoms. The largest absolute Gasteiger partial charge is 0.417 e. The Balaban J connectivity index is 1.94. The van der Waals surface area contributed by atoms with Gasteiger partial charge in [-0.25, -0.2) is 4.98 Å². The summed E-state index contributed by atoms with van der Waals surface area (Å²) in [6.07, 6.45) is 0.837. The van der Waals surface area contributed by atoms with Crippen LogP contribution in [0.4, 0.5) is 18.9 Å². The van der Waals surface area contributed by atoms with E-state index in [1.807, 2.05) is 0 Å². The highest BCUT2D eigenvalue weighted by atomic mass is 19.4. The number of hydrogen-bond acceptors (Lipinski definition) is 5. The summed E-state index contributed by atoms with van der Waals surface area (Å²) in [7, 11) is 1.42. The van der Waals surface area contributed by atoms with Crippen molar-refractivity contribution in [3.8, 4) is 23.6 Å². The lowest BCUT2D eigenvalue weighted by molar-refractivity contribution is -0.137. The molecule has 2 amide bonds. The summed E-state index contributed by atoms with van der Waals surface area (Å²) >= 11 is 0. The van der Waals surface area contributed by atoms with E-state index in [9.17, 15) is 22.8 Å². The number of carbonyl (C=O) groups is 2. The molecule has 7 nitrogen and oxygen atoms in total. The Labute approximate surface area is 203 Å². The lowest BCUT2D eigenvalue weighted by Crippen LogP contribution is -2.40. The first-order chi connectivity index (χ1) is 17.1. The fourth-order valence-electron chi connectivity index (χ4n) is 3.77. The van der Waals surface area contributed by atoms with E-state index in [1.165, 1.54) is 36.2 Å². The van der Waals surface area contributed by atoms with Crippen LogP contribution in [0, 0.1) is 19.3 Å². The molecule has 0 atom stereocenters. The van der Waals surface area contributed by atoms with Crippen molar-refractivity contribution in [3.63, 3.8) is 0 Å². The lowest BCUT2D eigenvalue weighted by Gasteiger charge is -2.23. The van der Waals surface area contributed by atoms with Crippen LogP contribution >= 0.6 is 0 Å². The van der Waals surface area contributed by atoms with Crippen molar-refractivity contribution in [2.24, 2.45) is 0 Å². The second-order valence-electron chi connectivity index (χ2n) is 7.81. The summed E-state index contributed by atoms with van der Waals surface area (Å²) < 4.78 is 46.4. The standard InChI is InChI=1S/C26H19F3N4O3/c1-4-16-8-7-9-17(12-16)33(14-22(34)30-3)25(35)19-13-21(31-24-23(19)15(2)32-36-24)18-10-5-6-11-20(18)26(27,28)29/h1,5-13H,14H2,2-3H3,(H,30,34). The zero-order valence-electron chi connectivity index (χ0n) is 19.2. The Morgan fingerprint density at radius 2 is 1.89 bits per heavy atom. The molecule has 0 saturated heterocycles. The van der Waals surface area contributed by atoms with Gasteiger partial charge in [0.2, 0.25) is 5.91 Å². The smallest absolute Gasteiger partial charge is 0.358 e. The van der Waals surface area contributed by atoms with Crippen LogP contribution in [0.3, 0.4) is 0 Å². The zero-order chi connectivity index (χ0) is 26.0. The first kappa shape index (κ1) is 24.5. The van der Waals surface area contributed by atoms with E-state index in [-0.39, 0.29) is 34.5 Å². The summed E-state index contributed by atoms with van der Waals surface area (Å²) in [4.78, 5) is 31.6. The fourth-order valence-corrected chi connectivity index (χ4v) is 3.77. The van der Waals surface area contributed by atoms with E-state index in [1.54, 1.807) is 31.2 Å². The maximum Gasteiger partial charge on any atom is 0.417 e. The molecule has 2 aromatic carbocycles. The van der Waals surface area contributed by atoms with Crippen LogP contribution in [0.1, 0.15) is 27.2 Å². The Morgan fingerprint density at radius 1 is 1.14 bits per heavy atom. The van der Waals surface area contributed by atoms with Gasteiger partial charge in [-0.1, -0.05) is 35.3 Å². The van der Waals surface area contributed by atoms with E-state index < -0.39 is 23.6 Å². The fraction of sp³-hybridized carbons (Fsp3) is 0.154. The first-order valence-corrected chi connectivity index (χ1v) is 10.7. The van der Waals surface area contributed by atoms with Crippen LogP contribution in [0.2, 0.25) is 0 Å². The molecule has 0 radical (unpaired) electrons. The summed E-state index contributed by atoms with van der Waals surface area (Å²) in [6, 6.07) is 12.6. The Hall–Kier alpha value is -4.65.